The van der Waals surface area contributed by atoms with Crippen molar-refractivity contribution in [1.82, 2.24) is 24.8 Å². The Balaban J connectivity index is 1.35. The summed E-state index contributed by atoms with van der Waals surface area (Å²) in [4.78, 5) is 29.8. The largest absolute Gasteiger partial charge is 0.338 e. The smallest absolute Gasteiger partial charge is 0.278 e. The highest BCUT2D eigenvalue weighted by Gasteiger charge is 2.27. The first kappa shape index (κ1) is 20.0. The number of aromatic nitrogens is 3. The van der Waals surface area contributed by atoms with Gasteiger partial charge in [0.05, 0.1) is 5.39 Å². The number of carbonyl (C=O) groups is 1. The van der Waals surface area contributed by atoms with E-state index in [0.717, 1.165) is 19.6 Å². The fourth-order valence-corrected chi connectivity index (χ4v) is 3.68. The molecule has 0 spiro atoms. The molecule has 1 aromatic heterocycles. The highest BCUT2D eigenvalue weighted by atomic mass is 16.2. The van der Waals surface area contributed by atoms with E-state index in [1.807, 2.05) is 29.2 Å². The van der Waals surface area contributed by atoms with Crippen LogP contribution in [0.5, 0.6) is 0 Å². The Bertz CT molecular complexity index is 1100. The molecule has 1 amide bonds. The second-order valence-electron chi connectivity index (χ2n) is 7.47. The Labute approximate surface area is 175 Å². The van der Waals surface area contributed by atoms with Gasteiger partial charge in [-0.25, -0.2) is 0 Å². The molecule has 4 rings (SSSR count). The quantitative estimate of drug-likeness (QED) is 0.653. The van der Waals surface area contributed by atoms with Crippen LogP contribution < -0.4 is 5.56 Å². The van der Waals surface area contributed by atoms with E-state index < -0.39 is 6.04 Å². The molecule has 1 fully saturated rings. The number of fused-ring (bicyclic) bond motifs is 1. The van der Waals surface area contributed by atoms with Crippen molar-refractivity contribution in [3.05, 3.63) is 76.6 Å². The van der Waals surface area contributed by atoms with Crippen molar-refractivity contribution in [2.75, 3.05) is 32.7 Å². The van der Waals surface area contributed by atoms with E-state index in [1.165, 1.54) is 10.2 Å². The molecule has 154 valence electrons. The monoisotopic (exact) mass is 403 g/mol. The van der Waals surface area contributed by atoms with E-state index >= 15 is 0 Å². The van der Waals surface area contributed by atoms with Gasteiger partial charge in [-0.3, -0.25) is 14.5 Å². The summed E-state index contributed by atoms with van der Waals surface area (Å²) >= 11 is 0. The summed E-state index contributed by atoms with van der Waals surface area (Å²) in [5, 5.41) is 8.56. The summed E-state index contributed by atoms with van der Waals surface area (Å²) in [6.07, 6.45) is 4.27. The maximum atomic E-state index is 13.0. The Hall–Kier alpha value is -3.32. The average Bonchev–Trinajstić information content (AvgIpc) is 2.80. The Morgan fingerprint density at radius 1 is 1.03 bits per heavy atom. The zero-order valence-electron chi connectivity index (χ0n) is 17.0. The van der Waals surface area contributed by atoms with Crippen molar-refractivity contribution in [2.24, 2.45) is 0 Å². The van der Waals surface area contributed by atoms with Gasteiger partial charge in [0.2, 0.25) is 5.91 Å². The second kappa shape index (κ2) is 9.00. The lowest BCUT2D eigenvalue weighted by atomic mass is 10.2. The van der Waals surface area contributed by atoms with E-state index in [1.54, 1.807) is 25.1 Å². The molecule has 0 aliphatic carbocycles. The number of hydrogen-bond acceptors (Lipinski definition) is 5. The third-order valence-corrected chi connectivity index (χ3v) is 5.47. The van der Waals surface area contributed by atoms with Crippen LogP contribution in [0.3, 0.4) is 0 Å². The molecule has 0 N–H and O–H groups in total. The van der Waals surface area contributed by atoms with Crippen LogP contribution in [0.1, 0.15) is 18.5 Å². The van der Waals surface area contributed by atoms with Gasteiger partial charge in [0.25, 0.3) is 5.56 Å². The second-order valence-corrected chi connectivity index (χ2v) is 7.47. The number of rotatable bonds is 5. The normalized spacial score (nSPS) is 16.2. The zero-order chi connectivity index (χ0) is 20.9. The molecule has 2 aromatic carbocycles. The molecular weight excluding hydrogens is 378 g/mol. The number of piperazine rings is 1. The maximum Gasteiger partial charge on any atom is 0.278 e. The number of benzene rings is 2. The van der Waals surface area contributed by atoms with Crippen molar-refractivity contribution in [1.29, 1.82) is 0 Å². The van der Waals surface area contributed by atoms with Crippen LogP contribution >= 0.6 is 0 Å². The Morgan fingerprint density at radius 2 is 1.73 bits per heavy atom. The summed E-state index contributed by atoms with van der Waals surface area (Å²) in [6, 6.07) is 16.6. The molecule has 0 saturated carbocycles. The molecule has 1 atom stereocenters. The molecule has 7 heteroatoms. The van der Waals surface area contributed by atoms with Gasteiger partial charge in [-0.1, -0.05) is 59.8 Å². The van der Waals surface area contributed by atoms with E-state index in [9.17, 15) is 9.59 Å². The van der Waals surface area contributed by atoms with Gasteiger partial charge < -0.3 is 4.90 Å². The van der Waals surface area contributed by atoms with Crippen LogP contribution in [0, 0.1) is 0 Å². The zero-order valence-corrected chi connectivity index (χ0v) is 17.0. The predicted molar refractivity (Wildman–Crippen MR) is 117 cm³/mol. The molecule has 1 aliphatic heterocycles. The molecule has 0 radical (unpaired) electrons. The average molecular weight is 403 g/mol. The lowest BCUT2D eigenvalue weighted by Crippen LogP contribution is -2.51. The minimum Gasteiger partial charge on any atom is -0.338 e. The van der Waals surface area contributed by atoms with Crippen LogP contribution in [0.25, 0.3) is 17.0 Å². The van der Waals surface area contributed by atoms with Crippen LogP contribution in [-0.2, 0) is 4.79 Å². The minimum absolute atomic E-state index is 0.0961. The number of nitrogens with zero attached hydrogens (tertiary/aromatic N) is 5. The van der Waals surface area contributed by atoms with Crippen LogP contribution in [0.2, 0.25) is 0 Å². The SMILES string of the molecule is CC(C(=O)N1CCN(C/C=C/c2ccccc2)CC1)n1nnc2ccccc2c1=O. The van der Waals surface area contributed by atoms with E-state index in [-0.39, 0.29) is 11.5 Å². The first-order valence-corrected chi connectivity index (χ1v) is 10.2. The van der Waals surface area contributed by atoms with Crippen LogP contribution in [0.4, 0.5) is 0 Å². The molecule has 2 heterocycles. The summed E-state index contributed by atoms with van der Waals surface area (Å²) < 4.78 is 1.19. The molecule has 7 nitrogen and oxygen atoms in total. The molecule has 1 unspecified atom stereocenters. The van der Waals surface area contributed by atoms with Crippen molar-refractivity contribution in [3.8, 4) is 0 Å². The van der Waals surface area contributed by atoms with Gasteiger partial charge in [-0.2, -0.15) is 4.68 Å². The Kier molecular flexibility index (Phi) is 5.99. The molecule has 3 aromatic rings. The third kappa shape index (κ3) is 4.31. The van der Waals surface area contributed by atoms with E-state index in [4.69, 9.17) is 0 Å². The third-order valence-electron chi connectivity index (χ3n) is 5.47. The van der Waals surface area contributed by atoms with Gasteiger partial charge in [0.15, 0.2) is 0 Å². The molecule has 1 saturated heterocycles. The lowest BCUT2D eigenvalue weighted by Gasteiger charge is -2.35. The number of amides is 1. The fourth-order valence-electron chi connectivity index (χ4n) is 3.68. The topological polar surface area (TPSA) is 71.3 Å². The fraction of sp³-hybridized carbons (Fsp3) is 0.304. The van der Waals surface area contributed by atoms with Crippen molar-refractivity contribution in [3.63, 3.8) is 0 Å². The summed E-state index contributed by atoms with van der Waals surface area (Å²) in [7, 11) is 0. The highest BCUT2D eigenvalue weighted by Crippen LogP contribution is 2.12. The van der Waals surface area contributed by atoms with Crippen molar-refractivity contribution >= 4 is 22.9 Å². The molecular formula is C23H25N5O2. The lowest BCUT2D eigenvalue weighted by molar-refractivity contribution is -0.136. The summed E-state index contributed by atoms with van der Waals surface area (Å²) in [5.74, 6) is -0.0961. The van der Waals surface area contributed by atoms with E-state index in [0.29, 0.717) is 24.0 Å². The number of carbonyl (C=O) groups excluding carboxylic acids is 1. The summed E-state index contributed by atoms with van der Waals surface area (Å²) in [6.45, 7) is 5.44. The van der Waals surface area contributed by atoms with Gasteiger partial charge >= 0.3 is 0 Å². The number of hydrogen-bond donors (Lipinski definition) is 0. The van der Waals surface area contributed by atoms with Gasteiger partial charge in [-0.05, 0) is 24.6 Å². The molecule has 30 heavy (non-hydrogen) atoms. The highest BCUT2D eigenvalue weighted by molar-refractivity contribution is 5.81. The first-order chi connectivity index (χ1) is 14.6. The van der Waals surface area contributed by atoms with Crippen LogP contribution in [-0.4, -0.2) is 63.4 Å². The van der Waals surface area contributed by atoms with Crippen molar-refractivity contribution < 1.29 is 4.79 Å². The standard InChI is InChI=1S/C23H25N5O2/c1-18(28-23(30)20-11-5-6-12-21(20)24-25-28)22(29)27-16-14-26(15-17-27)13-7-10-19-8-3-2-4-9-19/h2-12,18H,13-17H2,1H3/b10-7+. The molecule has 0 bridgehead atoms. The van der Waals surface area contributed by atoms with Crippen LogP contribution in [0.15, 0.2) is 65.5 Å². The van der Waals surface area contributed by atoms with Gasteiger partial charge in [-0.15, -0.1) is 5.10 Å². The maximum absolute atomic E-state index is 13.0. The summed E-state index contributed by atoms with van der Waals surface area (Å²) in [5.41, 5.74) is 1.43. The van der Waals surface area contributed by atoms with Crippen molar-refractivity contribution in [2.45, 2.75) is 13.0 Å². The van der Waals surface area contributed by atoms with E-state index in [2.05, 4.69) is 39.5 Å². The minimum atomic E-state index is -0.681. The predicted octanol–water partition coefficient (Wildman–Crippen LogP) is 2.21. The van der Waals surface area contributed by atoms with Gasteiger partial charge in [0, 0.05) is 32.7 Å². The first-order valence-electron chi connectivity index (χ1n) is 10.2. The molecule has 1 aliphatic rings. The Morgan fingerprint density at radius 3 is 2.50 bits per heavy atom. The van der Waals surface area contributed by atoms with Gasteiger partial charge in [0.1, 0.15) is 11.6 Å².